The van der Waals surface area contributed by atoms with E-state index in [1.807, 2.05) is 18.2 Å². The van der Waals surface area contributed by atoms with Crippen molar-refractivity contribution in [3.8, 4) is 23.2 Å². The molecule has 304 valence electrons. The Morgan fingerprint density at radius 1 is 0.982 bits per heavy atom. The topological polar surface area (TPSA) is 132 Å². The van der Waals surface area contributed by atoms with Crippen LogP contribution in [0.15, 0.2) is 30.3 Å². The number of carbonyl (C=O) groups excluding carboxylic acids is 1. The summed E-state index contributed by atoms with van der Waals surface area (Å²) in [6.07, 6.45) is 2.92. The maximum absolute atomic E-state index is 14.8. The number of aromatic hydroxyl groups is 1. The van der Waals surface area contributed by atoms with E-state index in [1.54, 1.807) is 21.9 Å². The van der Waals surface area contributed by atoms with Gasteiger partial charge < -0.3 is 29.5 Å². The number of aromatic nitrogens is 2. The first-order chi connectivity index (χ1) is 27.3. The number of ether oxygens (including phenoxy) is 2. The van der Waals surface area contributed by atoms with Crippen molar-refractivity contribution in [1.82, 2.24) is 24.7 Å². The molecule has 5 heterocycles. The molecular weight excluding hydrogens is 737 g/mol. The van der Waals surface area contributed by atoms with Crippen LogP contribution in [0.2, 0.25) is 16.6 Å². The number of nitrogens with zero attached hydrogens (tertiary/aromatic N) is 6. The Bertz CT molecular complexity index is 2070. The maximum Gasteiger partial charge on any atom is 0.407 e. The van der Waals surface area contributed by atoms with Gasteiger partial charge in [-0.1, -0.05) is 59.6 Å². The van der Waals surface area contributed by atoms with Crippen molar-refractivity contribution in [2.24, 2.45) is 5.41 Å². The van der Waals surface area contributed by atoms with Crippen molar-refractivity contribution in [1.29, 1.82) is 0 Å². The van der Waals surface area contributed by atoms with Crippen LogP contribution in [0.5, 0.6) is 11.8 Å². The molecule has 2 amide bonds. The van der Waals surface area contributed by atoms with Crippen molar-refractivity contribution in [2.75, 3.05) is 57.4 Å². The molecule has 2 atom stereocenters. The highest BCUT2D eigenvalue weighted by Crippen LogP contribution is 2.47. The monoisotopic (exact) mass is 794 g/mol. The van der Waals surface area contributed by atoms with Gasteiger partial charge >= 0.3 is 12.1 Å². The Kier molecular flexibility index (Phi) is 10.7. The van der Waals surface area contributed by atoms with E-state index in [1.165, 1.54) is 0 Å². The number of phenols is 1. The Balaban J connectivity index is 1.12. The fourth-order valence-electron chi connectivity index (χ4n) is 10.5. The molecule has 2 bridgehead atoms. The van der Waals surface area contributed by atoms with Crippen LogP contribution in [0.4, 0.5) is 10.6 Å². The molecule has 1 aliphatic carbocycles. The van der Waals surface area contributed by atoms with Gasteiger partial charge in [0.05, 0.1) is 56.3 Å². The normalized spacial score (nSPS) is 21.7. The van der Waals surface area contributed by atoms with Crippen LogP contribution in [0, 0.1) is 16.9 Å². The molecule has 3 aromatic rings. The summed E-state index contributed by atoms with van der Waals surface area (Å²) < 4.78 is 12.0. The summed E-state index contributed by atoms with van der Waals surface area (Å²) in [4.78, 5) is 45.0. The number of hydrogen-bond acceptors (Lipinski definition) is 9. The van der Waals surface area contributed by atoms with Gasteiger partial charge in [0.25, 0.3) is 5.91 Å². The highest BCUT2D eigenvalue weighted by atomic mass is 28.3. The average molecular weight is 795 g/mol. The van der Waals surface area contributed by atoms with Crippen molar-refractivity contribution >= 4 is 36.7 Å². The number of carbonyl (C=O) groups is 2. The first kappa shape index (κ1) is 39.4. The molecule has 2 N–H and O–H groups in total. The minimum atomic E-state index is -2.07. The third-order valence-corrected chi connectivity index (χ3v) is 19.9. The molecule has 12 nitrogen and oxygen atoms in total. The second-order valence-electron chi connectivity index (χ2n) is 18.1. The minimum absolute atomic E-state index is 0.0250. The molecule has 2 aromatic carbocycles. The number of hydrogen-bond donors (Lipinski definition) is 2. The second kappa shape index (κ2) is 15.4. The van der Waals surface area contributed by atoms with Gasteiger partial charge in [0.2, 0.25) is 0 Å². The van der Waals surface area contributed by atoms with Gasteiger partial charge in [-0.05, 0) is 65.9 Å². The second-order valence-corrected chi connectivity index (χ2v) is 23.7. The zero-order chi connectivity index (χ0) is 40.2. The average Bonchev–Trinajstić information content (AvgIpc) is 3.70. The molecule has 13 heteroatoms. The van der Waals surface area contributed by atoms with Crippen molar-refractivity contribution < 1.29 is 29.3 Å². The van der Waals surface area contributed by atoms with Crippen molar-refractivity contribution in [3.05, 3.63) is 52.7 Å². The van der Waals surface area contributed by atoms with Gasteiger partial charge in [0.15, 0.2) is 0 Å². The first-order valence-corrected chi connectivity index (χ1v) is 23.2. The van der Waals surface area contributed by atoms with Crippen LogP contribution >= 0.6 is 0 Å². The summed E-state index contributed by atoms with van der Waals surface area (Å²) in [5.74, 6) is 4.13. The summed E-state index contributed by atoms with van der Waals surface area (Å²) in [6.45, 7) is 20.2. The SMILES string of the molecule is CC(C)[Si](C#Cc1cccc2cc(O)cc(C(=O)N3Cc4nc(OCC5(CN6CCOCC6)CC5)nc(N5CC6CCC(C5)N6C(=O)O)c4C3)c12)(C(C)C)C(C)C. The molecule has 57 heavy (non-hydrogen) atoms. The van der Waals surface area contributed by atoms with Gasteiger partial charge in [-0.15, -0.1) is 5.54 Å². The highest BCUT2D eigenvalue weighted by molar-refractivity contribution is 6.90. The number of fused-ring (bicyclic) bond motifs is 4. The summed E-state index contributed by atoms with van der Waals surface area (Å²) >= 11 is 0. The lowest BCUT2D eigenvalue weighted by molar-refractivity contribution is 0.0231. The van der Waals surface area contributed by atoms with Crippen LogP contribution in [0.25, 0.3) is 10.8 Å². The summed E-state index contributed by atoms with van der Waals surface area (Å²) in [5, 5.41) is 22.4. The van der Waals surface area contributed by atoms with Crippen LogP contribution in [0.3, 0.4) is 0 Å². The molecule has 4 aliphatic heterocycles. The molecule has 0 radical (unpaired) electrons. The summed E-state index contributed by atoms with van der Waals surface area (Å²) in [7, 11) is -2.07. The molecule has 4 fully saturated rings. The number of anilines is 1. The van der Waals surface area contributed by atoms with Crippen LogP contribution in [0.1, 0.15) is 94.4 Å². The predicted molar refractivity (Wildman–Crippen MR) is 222 cm³/mol. The van der Waals surface area contributed by atoms with E-state index in [-0.39, 0.29) is 42.2 Å². The zero-order valence-corrected chi connectivity index (χ0v) is 35.4. The molecule has 1 aromatic heterocycles. The Morgan fingerprint density at radius 2 is 1.67 bits per heavy atom. The van der Waals surface area contributed by atoms with Gasteiger partial charge in [0, 0.05) is 54.7 Å². The van der Waals surface area contributed by atoms with E-state index in [0.29, 0.717) is 47.9 Å². The molecular formula is C44H58N6O6Si. The first-order valence-electron chi connectivity index (χ1n) is 21.0. The van der Waals surface area contributed by atoms with Crippen molar-refractivity contribution in [3.63, 3.8) is 0 Å². The minimum Gasteiger partial charge on any atom is -0.508 e. The van der Waals surface area contributed by atoms with E-state index >= 15 is 0 Å². The quantitative estimate of drug-likeness (QED) is 0.165. The van der Waals surface area contributed by atoms with Crippen molar-refractivity contribution in [2.45, 2.75) is 109 Å². The van der Waals surface area contributed by atoms with Gasteiger partial charge in [-0.25, -0.2) is 4.79 Å². The molecule has 0 spiro atoms. The number of amides is 2. The number of morpholine rings is 1. The predicted octanol–water partition coefficient (Wildman–Crippen LogP) is 6.88. The van der Waals surface area contributed by atoms with Gasteiger partial charge in [-0.2, -0.15) is 9.97 Å². The Labute approximate surface area is 337 Å². The lowest BCUT2D eigenvalue weighted by Gasteiger charge is -2.40. The van der Waals surface area contributed by atoms with Crippen LogP contribution in [-0.4, -0.2) is 120 Å². The lowest BCUT2D eigenvalue weighted by atomic mass is 9.98. The third-order valence-electron chi connectivity index (χ3n) is 13.6. The highest BCUT2D eigenvalue weighted by Gasteiger charge is 2.47. The fraction of sp³-hybridized carbons (Fsp3) is 0.591. The standard InChI is InChI=1S/C44H58N6O6Si/c1-28(2)57(29(3)4,30(5)6)19-12-31-8-7-9-32-20-35(51)21-36(39(31)32)41(52)49-24-37-38(25-49)45-42(56-27-44(13-14-44)26-47-15-17-55-18-16-47)46-40(37)48-22-33-10-11-34(23-48)50(33)43(53)54/h7-9,20-21,28-30,33-34,51H,10-11,13-18,22-27H2,1-6H3,(H,53,54). The van der Waals surface area contributed by atoms with Gasteiger partial charge in [-0.3, -0.25) is 14.6 Å². The smallest absolute Gasteiger partial charge is 0.407 e. The summed E-state index contributed by atoms with van der Waals surface area (Å²) in [5.41, 5.74) is 8.07. The molecule has 3 saturated heterocycles. The molecule has 1 saturated carbocycles. The fourth-order valence-corrected chi connectivity index (χ4v) is 15.7. The number of phenolic OH excluding ortho intramolecular Hbond substituents is 1. The zero-order valence-electron chi connectivity index (χ0n) is 34.4. The molecule has 2 unspecified atom stereocenters. The third kappa shape index (κ3) is 7.45. The number of piperazine rings is 1. The van der Waals surface area contributed by atoms with Crippen LogP contribution in [-0.2, 0) is 17.8 Å². The van der Waals surface area contributed by atoms with Crippen LogP contribution < -0.4 is 9.64 Å². The number of benzene rings is 2. The van der Waals surface area contributed by atoms with E-state index in [9.17, 15) is 19.8 Å². The largest absolute Gasteiger partial charge is 0.508 e. The lowest BCUT2D eigenvalue weighted by Crippen LogP contribution is -2.56. The van der Waals surface area contributed by atoms with E-state index in [0.717, 1.165) is 91.9 Å². The molecule has 5 aliphatic rings. The van der Waals surface area contributed by atoms with Gasteiger partial charge in [0.1, 0.15) is 19.6 Å². The van der Waals surface area contributed by atoms with E-state index < -0.39 is 14.2 Å². The maximum atomic E-state index is 14.8. The number of rotatable bonds is 10. The van der Waals surface area contributed by atoms with E-state index in [4.69, 9.17) is 19.4 Å². The van der Waals surface area contributed by atoms with E-state index in [2.05, 4.69) is 62.8 Å². The number of carboxylic acid groups (broad SMARTS) is 1. The molecule has 8 rings (SSSR count). The Hall–Kier alpha value is -4.38. The summed E-state index contributed by atoms with van der Waals surface area (Å²) in [6, 6.07) is 9.20. The Morgan fingerprint density at radius 3 is 2.30 bits per heavy atom.